The summed E-state index contributed by atoms with van der Waals surface area (Å²) >= 11 is 8.92. The van der Waals surface area contributed by atoms with E-state index >= 15 is 0 Å². The number of H-pyrrole nitrogens is 1. The number of nitrogen functional groups attached to an aromatic ring is 2. The van der Waals surface area contributed by atoms with E-state index in [0.717, 1.165) is 0 Å². The zero-order valence-electron chi connectivity index (χ0n) is 22.1. The van der Waals surface area contributed by atoms with Gasteiger partial charge in [-0.25, -0.2) is 19.9 Å². The van der Waals surface area contributed by atoms with Crippen LogP contribution in [0.1, 0.15) is 18.9 Å². The van der Waals surface area contributed by atoms with E-state index in [2.05, 4.69) is 42.2 Å². The second-order valence-corrected chi connectivity index (χ2v) is 14.2. The highest BCUT2D eigenvalue weighted by Gasteiger charge is 2.50. The van der Waals surface area contributed by atoms with Crippen molar-refractivity contribution in [3.05, 3.63) is 29.3 Å². The van der Waals surface area contributed by atoms with Gasteiger partial charge in [0.05, 0.1) is 25.4 Å². The minimum absolute atomic E-state index is 0.0152. The molecule has 0 spiro atoms. The van der Waals surface area contributed by atoms with Crippen LogP contribution in [0.5, 0.6) is 0 Å². The number of imidazole rings is 2. The summed E-state index contributed by atoms with van der Waals surface area (Å²) in [5.74, 6) is -0.0273. The van der Waals surface area contributed by atoms with Crippen LogP contribution < -0.4 is 17.0 Å². The molecule has 0 saturated carbocycles. The molecule has 236 valence electrons. The number of nitrogens with zero attached hydrogens (tertiary/aromatic N) is 7. The standard InChI is InChI=1S/C20H24N10O10P2S2/c21-15-11-16(24-4-23-15)29(5-25-11)10-1-7(31)8(38-10)3-37-42(35,44)40-14-13(32)9(2-36-41(34)43)39-19(14)30-6-26-12-17(30)27-20(22)28-18(12)33/h4-10,13-14,19,31-32H,1-3H2,(H6-,21,22,23,24,27,28,33,34,35,43,44)/p+1/t7-,8-,9-,10-,13+,14+,19-,42?/m1/s1. The fraction of sp³-hybridized carbons (Fsp3) is 0.500. The lowest BCUT2D eigenvalue weighted by molar-refractivity contribution is -0.0525. The lowest BCUT2D eigenvalue weighted by Crippen LogP contribution is -2.35. The van der Waals surface area contributed by atoms with E-state index in [1.165, 1.54) is 23.5 Å². The number of hydrogen-bond donors (Lipinski definition) is 7. The Hall–Kier alpha value is -2.72. The van der Waals surface area contributed by atoms with E-state index < -0.39 is 69.1 Å². The Balaban J connectivity index is 1.18. The van der Waals surface area contributed by atoms with E-state index in [0.29, 0.717) is 11.2 Å². The van der Waals surface area contributed by atoms with Crippen LogP contribution in [0.15, 0.2) is 23.8 Å². The van der Waals surface area contributed by atoms with Crippen molar-refractivity contribution >= 4 is 72.1 Å². The Labute approximate surface area is 257 Å². The molecule has 4 aromatic heterocycles. The first-order valence-electron chi connectivity index (χ1n) is 12.7. The van der Waals surface area contributed by atoms with Gasteiger partial charge in [0.2, 0.25) is 5.95 Å². The summed E-state index contributed by atoms with van der Waals surface area (Å²) in [7, 11) is -2.34. The number of thiol groups is 1. The van der Waals surface area contributed by atoms with Gasteiger partial charge in [-0.05, 0) is 16.4 Å². The average molecular weight is 692 g/mol. The summed E-state index contributed by atoms with van der Waals surface area (Å²) in [6, 6.07) is 0. The van der Waals surface area contributed by atoms with Crippen LogP contribution >= 0.6 is 26.2 Å². The maximum atomic E-state index is 12.3. The summed E-state index contributed by atoms with van der Waals surface area (Å²) in [5, 5.41) is 21.7. The zero-order valence-corrected chi connectivity index (χ0v) is 25.6. The van der Waals surface area contributed by atoms with Crippen molar-refractivity contribution in [2.75, 3.05) is 24.7 Å². The van der Waals surface area contributed by atoms with Gasteiger partial charge < -0.3 is 40.6 Å². The number of nitrogens with two attached hydrogens (primary N) is 2. The Kier molecular flexibility index (Phi) is 8.69. The van der Waals surface area contributed by atoms with Gasteiger partial charge in [0, 0.05) is 6.42 Å². The third-order valence-corrected chi connectivity index (χ3v) is 9.22. The molecule has 2 saturated heterocycles. The van der Waals surface area contributed by atoms with E-state index in [9.17, 15) is 24.5 Å². The van der Waals surface area contributed by atoms with Gasteiger partial charge in [-0.15, -0.1) is 4.52 Å². The van der Waals surface area contributed by atoms with Crippen LogP contribution in [0.2, 0.25) is 0 Å². The molecule has 8 N–H and O–H groups in total. The molecule has 2 fully saturated rings. The first-order valence-corrected chi connectivity index (χ1v) is 17.6. The van der Waals surface area contributed by atoms with Crippen molar-refractivity contribution < 1.29 is 42.7 Å². The van der Waals surface area contributed by atoms with Crippen molar-refractivity contribution in [2.24, 2.45) is 0 Å². The first-order chi connectivity index (χ1) is 20.9. The third kappa shape index (κ3) is 6.08. The minimum atomic E-state index is -4.18. The molecule has 20 nitrogen and oxygen atoms in total. The Bertz CT molecular complexity index is 1820. The van der Waals surface area contributed by atoms with Crippen LogP contribution in [-0.4, -0.2) is 97.9 Å². The Morgan fingerprint density at radius 2 is 1.86 bits per heavy atom. The maximum absolute atomic E-state index is 12.3. The molecule has 0 aliphatic carbocycles. The SMILES string of the molecule is Nc1nc2c(ncn2[C@@H]2O[C@H](CO[P+](=O)S)[C@H](O)[C@@H]2OP(O)(=S)OC[C@H]2O[C@@H](n3cnc4c(N)ncnc43)C[C@H]2O)c(=O)[nH]1. The average Bonchev–Trinajstić information content (AvgIpc) is 3.72. The largest absolute Gasteiger partial charge is 0.582 e. The van der Waals surface area contributed by atoms with Gasteiger partial charge in [0.1, 0.15) is 61.3 Å². The van der Waals surface area contributed by atoms with Crippen molar-refractivity contribution in [2.45, 2.75) is 49.4 Å². The lowest BCUT2D eigenvalue weighted by Gasteiger charge is -2.27. The highest BCUT2D eigenvalue weighted by molar-refractivity contribution is 8.39. The molecular formula is C20H25N10O10P2S2+. The highest BCUT2D eigenvalue weighted by atomic mass is 32.7. The van der Waals surface area contributed by atoms with Crippen LogP contribution in [-0.2, 0) is 39.4 Å². The normalized spacial score (nSPS) is 29.0. The molecule has 0 amide bonds. The van der Waals surface area contributed by atoms with Crippen molar-refractivity contribution in [3.8, 4) is 0 Å². The molecule has 44 heavy (non-hydrogen) atoms. The molecule has 2 aliphatic rings. The third-order valence-electron chi connectivity index (χ3n) is 6.95. The molecule has 0 bridgehead atoms. The maximum Gasteiger partial charge on any atom is 0.582 e. The summed E-state index contributed by atoms with van der Waals surface area (Å²) in [6.45, 7) is -4.95. The molecule has 24 heteroatoms. The minimum Gasteiger partial charge on any atom is -0.390 e. The van der Waals surface area contributed by atoms with Crippen LogP contribution in [0.3, 0.4) is 0 Å². The Morgan fingerprint density at radius 1 is 1.11 bits per heavy atom. The number of rotatable bonds is 10. The molecule has 4 aromatic rings. The van der Waals surface area contributed by atoms with Crippen molar-refractivity contribution in [1.82, 2.24) is 39.0 Å². The smallest absolute Gasteiger partial charge is 0.390 e. The van der Waals surface area contributed by atoms with E-state index in [1.54, 1.807) is 4.57 Å². The summed E-state index contributed by atoms with van der Waals surface area (Å²) in [4.78, 5) is 46.0. The number of aromatic nitrogens is 8. The first kappa shape index (κ1) is 31.3. The second-order valence-electron chi connectivity index (χ2n) is 9.71. The quantitative estimate of drug-likeness (QED) is 0.0795. The summed E-state index contributed by atoms with van der Waals surface area (Å²) < 4.78 is 42.3. The number of nitrogens with one attached hydrogen (secondary N) is 1. The predicted molar refractivity (Wildman–Crippen MR) is 157 cm³/mol. The van der Waals surface area contributed by atoms with Crippen LogP contribution in [0.4, 0.5) is 11.8 Å². The molecule has 2 aliphatic heterocycles. The Morgan fingerprint density at radius 3 is 2.64 bits per heavy atom. The molecule has 2 unspecified atom stereocenters. The molecule has 9 atom stereocenters. The molecular weight excluding hydrogens is 666 g/mol. The number of aromatic amines is 1. The van der Waals surface area contributed by atoms with Crippen molar-refractivity contribution in [1.29, 1.82) is 0 Å². The molecule has 0 radical (unpaired) electrons. The van der Waals surface area contributed by atoms with Gasteiger partial charge in [0.15, 0.2) is 28.9 Å². The van der Waals surface area contributed by atoms with E-state index in [-0.39, 0.29) is 36.0 Å². The number of hydrogen-bond acceptors (Lipinski definition) is 17. The second kappa shape index (κ2) is 12.2. The lowest BCUT2D eigenvalue weighted by atomic mass is 10.1. The summed E-state index contributed by atoms with van der Waals surface area (Å²) in [6.07, 6.45) is -3.97. The van der Waals surface area contributed by atoms with E-state index in [4.69, 9.17) is 46.3 Å². The van der Waals surface area contributed by atoms with Gasteiger partial charge in [-0.2, -0.15) is 4.98 Å². The van der Waals surface area contributed by atoms with Gasteiger partial charge >= 0.3 is 13.9 Å². The highest BCUT2D eigenvalue weighted by Crippen LogP contribution is 2.50. The number of anilines is 2. The zero-order chi connectivity index (χ0) is 31.3. The van der Waals surface area contributed by atoms with Gasteiger partial charge in [0.25, 0.3) is 5.56 Å². The number of aliphatic hydroxyl groups is 2. The molecule has 6 rings (SSSR count). The van der Waals surface area contributed by atoms with Gasteiger partial charge in [-0.1, -0.05) is 0 Å². The molecule has 0 aromatic carbocycles. The fourth-order valence-electron chi connectivity index (χ4n) is 4.93. The van der Waals surface area contributed by atoms with Crippen molar-refractivity contribution in [3.63, 3.8) is 0 Å². The number of ether oxygens (including phenoxy) is 2. The molecule has 6 heterocycles. The van der Waals surface area contributed by atoms with Gasteiger partial charge in [-0.3, -0.25) is 23.4 Å². The number of fused-ring (bicyclic) bond motifs is 2. The summed E-state index contributed by atoms with van der Waals surface area (Å²) in [5.41, 5.74) is 11.6. The van der Waals surface area contributed by atoms with Crippen LogP contribution in [0, 0.1) is 0 Å². The fourth-order valence-corrected chi connectivity index (χ4v) is 6.82. The topological polar surface area (TPSA) is 283 Å². The number of aliphatic hydroxyl groups excluding tert-OH is 2. The monoisotopic (exact) mass is 691 g/mol. The predicted octanol–water partition coefficient (Wildman–Crippen LogP) is -0.747. The van der Waals surface area contributed by atoms with Crippen LogP contribution in [0.25, 0.3) is 22.3 Å². The van der Waals surface area contributed by atoms with E-state index in [1.807, 2.05) is 0 Å².